The number of rotatable bonds is 10. The number of unbranched alkanes of at least 4 members (excludes halogenated alkanes) is 6. The van der Waals surface area contributed by atoms with Crippen LogP contribution in [0.1, 0.15) is 67.8 Å². The molecule has 0 atom stereocenters. The molecule has 0 aliphatic heterocycles. The van der Waals surface area contributed by atoms with Crippen LogP contribution in [0.5, 0.6) is 0 Å². The molecule has 2 nitrogen and oxygen atoms in total. The summed E-state index contributed by atoms with van der Waals surface area (Å²) in [7, 11) is 0. The Balaban J connectivity index is 2.02. The van der Waals surface area contributed by atoms with Crippen LogP contribution in [-0.2, 0) is 6.42 Å². The van der Waals surface area contributed by atoms with Crippen molar-refractivity contribution in [3.8, 4) is 11.1 Å². The second-order valence-corrected chi connectivity index (χ2v) is 6.41. The molecule has 0 aliphatic rings. The SMILES string of the molecule is CCCCCCCCCc1cc(C(=O)O)ccc1-c1ccccc1. The maximum atomic E-state index is 11.3. The third-order valence-corrected chi connectivity index (χ3v) is 4.49. The molecule has 128 valence electrons. The summed E-state index contributed by atoms with van der Waals surface area (Å²) >= 11 is 0. The van der Waals surface area contributed by atoms with E-state index in [9.17, 15) is 9.90 Å². The molecule has 0 saturated heterocycles. The second kappa shape index (κ2) is 9.92. The monoisotopic (exact) mass is 324 g/mol. The zero-order valence-corrected chi connectivity index (χ0v) is 14.6. The molecule has 0 aromatic heterocycles. The minimum Gasteiger partial charge on any atom is -0.478 e. The Morgan fingerprint density at radius 1 is 0.875 bits per heavy atom. The smallest absolute Gasteiger partial charge is 0.335 e. The average molecular weight is 324 g/mol. The number of hydrogen-bond donors (Lipinski definition) is 1. The first-order valence-corrected chi connectivity index (χ1v) is 9.14. The Morgan fingerprint density at radius 3 is 2.21 bits per heavy atom. The first kappa shape index (κ1) is 18.3. The fourth-order valence-corrected chi connectivity index (χ4v) is 3.11. The maximum Gasteiger partial charge on any atom is 0.335 e. The van der Waals surface area contributed by atoms with Gasteiger partial charge in [0.25, 0.3) is 0 Å². The molecule has 0 fully saturated rings. The summed E-state index contributed by atoms with van der Waals surface area (Å²) in [5.74, 6) is -0.851. The van der Waals surface area contributed by atoms with E-state index < -0.39 is 5.97 Å². The molecule has 0 amide bonds. The summed E-state index contributed by atoms with van der Waals surface area (Å²) in [5.41, 5.74) is 3.85. The van der Waals surface area contributed by atoms with Gasteiger partial charge in [0.1, 0.15) is 0 Å². The first-order chi connectivity index (χ1) is 11.7. The van der Waals surface area contributed by atoms with Crippen LogP contribution in [0.15, 0.2) is 48.5 Å². The van der Waals surface area contributed by atoms with Crippen LogP contribution < -0.4 is 0 Å². The number of hydrogen-bond acceptors (Lipinski definition) is 1. The van der Waals surface area contributed by atoms with Gasteiger partial charge in [0.05, 0.1) is 5.56 Å². The Morgan fingerprint density at radius 2 is 1.54 bits per heavy atom. The molecule has 0 spiro atoms. The van der Waals surface area contributed by atoms with E-state index in [0.717, 1.165) is 29.5 Å². The molecule has 2 aromatic carbocycles. The van der Waals surface area contributed by atoms with Crippen molar-refractivity contribution in [1.82, 2.24) is 0 Å². The molecule has 24 heavy (non-hydrogen) atoms. The van der Waals surface area contributed by atoms with Gasteiger partial charge in [0.15, 0.2) is 0 Å². The Kier molecular flexibility index (Phi) is 7.54. The van der Waals surface area contributed by atoms with Crippen molar-refractivity contribution in [1.29, 1.82) is 0 Å². The van der Waals surface area contributed by atoms with Gasteiger partial charge in [-0.2, -0.15) is 0 Å². The standard InChI is InChI=1S/C22H28O2/c1-2-3-4-5-6-7-9-14-19-17-20(22(23)24)15-16-21(19)18-12-10-8-11-13-18/h8,10-13,15-17H,2-7,9,14H2,1H3,(H,23,24). The number of aryl methyl sites for hydroxylation is 1. The van der Waals surface area contributed by atoms with E-state index in [4.69, 9.17) is 0 Å². The summed E-state index contributed by atoms with van der Waals surface area (Å²) in [6.45, 7) is 2.24. The molecule has 2 heteroatoms. The third kappa shape index (κ3) is 5.52. The van der Waals surface area contributed by atoms with Gasteiger partial charge in [-0.3, -0.25) is 0 Å². The highest BCUT2D eigenvalue weighted by atomic mass is 16.4. The fourth-order valence-electron chi connectivity index (χ4n) is 3.11. The lowest BCUT2D eigenvalue weighted by molar-refractivity contribution is 0.0697. The number of carboxylic acid groups (broad SMARTS) is 1. The number of carbonyl (C=O) groups is 1. The summed E-state index contributed by atoms with van der Waals surface area (Å²) < 4.78 is 0. The van der Waals surface area contributed by atoms with Gasteiger partial charge in [-0.05, 0) is 41.7 Å². The highest BCUT2D eigenvalue weighted by molar-refractivity contribution is 5.89. The van der Waals surface area contributed by atoms with Gasteiger partial charge in [-0.25, -0.2) is 4.79 Å². The largest absolute Gasteiger partial charge is 0.478 e. The van der Waals surface area contributed by atoms with Crippen molar-refractivity contribution in [2.45, 2.75) is 58.3 Å². The lowest BCUT2D eigenvalue weighted by atomic mass is 9.93. The molecule has 0 bridgehead atoms. The minimum absolute atomic E-state index is 0.382. The Hall–Kier alpha value is -2.09. The molecule has 0 aliphatic carbocycles. The molecule has 2 aromatic rings. The molecule has 0 unspecified atom stereocenters. The van der Waals surface area contributed by atoms with Gasteiger partial charge < -0.3 is 5.11 Å². The number of benzene rings is 2. The highest BCUT2D eigenvalue weighted by Crippen LogP contribution is 2.26. The summed E-state index contributed by atoms with van der Waals surface area (Å²) in [5, 5.41) is 9.26. The quantitative estimate of drug-likeness (QED) is 0.517. The average Bonchev–Trinajstić information content (AvgIpc) is 2.61. The summed E-state index contributed by atoms with van der Waals surface area (Å²) in [6, 6.07) is 15.7. The van der Waals surface area contributed by atoms with E-state index in [-0.39, 0.29) is 0 Å². The van der Waals surface area contributed by atoms with E-state index in [0.29, 0.717) is 5.56 Å². The van der Waals surface area contributed by atoms with Crippen LogP contribution in [0, 0.1) is 0 Å². The topological polar surface area (TPSA) is 37.3 Å². The van der Waals surface area contributed by atoms with Crippen molar-refractivity contribution in [2.75, 3.05) is 0 Å². The molecular weight excluding hydrogens is 296 g/mol. The second-order valence-electron chi connectivity index (χ2n) is 6.41. The number of carboxylic acids is 1. The van der Waals surface area contributed by atoms with Gasteiger partial charge in [-0.15, -0.1) is 0 Å². The number of aromatic carboxylic acids is 1. The normalized spacial score (nSPS) is 10.7. The summed E-state index contributed by atoms with van der Waals surface area (Å²) in [4.78, 5) is 11.3. The Bertz CT molecular complexity index is 632. The highest BCUT2D eigenvalue weighted by Gasteiger charge is 2.10. The van der Waals surface area contributed by atoms with Crippen LogP contribution in [0.3, 0.4) is 0 Å². The van der Waals surface area contributed by atoms with Crippen molar-refractivity contribution in [2.24, 2.45) is 0 Å². The van der Waals surface area contributed by atoms with Gasteiger partial charge in [0.2, 0.25) is 0 Å². The van der Waals surface area contributed by atoms with Gasteiger partial charge in [-0.1, -0.05) is 81.8 Å². The third-order valence-electron chi connectivity index (χ3n) is 4.49. The first-order valence-electron chi connectivity index (χ1n) is 9.14. The predicted octanol–water partition coefficient (Wildman–Crippen LogP) is 6.34. The van der Waals surface area contributed by atoms with Gasteiger partial charge >= 0.3 is 5.97 Å². The van der Waals surface area contributed by atoms with Crippen LogP contribution in [0.2, 0.25) is 0 Å². The maximum absolute atomic E-state index is 11.3. The van der Waals surface area contributed by atoms with Crippen molar-refractivity contribution in [3.63, 3.8) is 0 Å². The van der Waals surface area contributed by atoms with Crippen LogP contribution >= 0.6 is 0 Å². The van der Waals surface area contributed by atoms with E-state index in [1.807, 2.05) is 30.3 Å². The van der Waals surface area contributed by atoms with Crippen LogP contribution in [-0.4, -0.2) is 11.1 Å². The molecule has 0 heterocycles. The molecular formula is C22H28O2. The molecule has 2 rings (SSSR count). The molecule has 0 saturated carbocycles. The van der Waals surface area contributed by atoms with E-state index in [2.05, 4.69) is 19.1 Å². The van der Waals surface area contributed by atoms with Crippen LogP contribution in [0.4, 0.5) is 0 Å². The van der Waals surface area contributed by atoms with E-state index >= 15 is 0 Å². The van der Waals surface area contributed by atoms with Crippen molar-refractivity contribution in [3.05, 3.63) is 59.7 Å². The van der Waals surface area contributed by atoms with Gasteiger partial charge in [0, 0.05) is 0 Å². The lowest BCUT2D eigenvalue weighted by Crippen LogP contribution is -1.99. The van der Waals surface area contributed by atoms with Crippen molar-refractivity contribution < 1.29 is 9.90 Å². The zero-order valence-electron chi connectivity index (χ0n) is 14.6. The fraction of sp³-hybridized carbons (Fsp3) is 0.409. The predicted molar refractivity (Wildman–Crippen MR) is 101 cm³/mol. The Labute approximate surface area is 145 Å². The summed E-state index contributed by atoms with van der Waals surface area (Å²) in [6.07, 6.45) is 9.82. The van der Waals surface area contributed by atoms with E-state index in [1.165, 1.54) is 38.5 Å². The minimum atomic E-state index is -0.851. The van der Waals surface area contributed by atoms with E-state index in [1.54, 1.807) is 6.07 Å². The lowest BCUT2D eigenvalue weighted by Gasteiger charge is -2.11. The molecule has 1 N–H and O–H groups in total. The zero-order chi connectivity index (χ0) is 17.2. The molecule has 0 radical (unpaired) electrons. The van der Waals surface area contributed by atoms with Crippen molar-refractivity contribution >= 4 is 5.97 Å². The van der Waals surface area contributed by atoms with Crippen LogP contribution in [0.25, 0.3) is 11.1 Å².